The Balaban J connectivity index is 0. The van der Waals surface area contributed by atoms with Gasteiger partial charge in [-0.15, -0.1) is 0 Å². The molecule has 0 bridgehead atoms. The molecule has 1 aliphatic rings. The van der Waals surface area contributed by atoms with Crippen molar-refractivity contribution >= 4 is 0 Å². The summed E-state index contributed by atoms with van der Waals surface area (Å²) in [4.78, 5) is 0. The van der Waals surface area contributed by atoms with Gasteiger partial charge in [-0.05, 0) is 25.7 Å². The van der Waals surface area contributed by atoms with Crippen molar-refractivity contribution in [2.75, 3.05) is 0 Å². The number of hydrogen-bond donors (Lipinski definition) is 0. The zero-order valence-electron chi connectivity index (χ0n) is 4.74. The van der Waals surface area contributed by atoms with Crippen LogP contribution in [0.15, 0.2) is 12.2 Å². The van der Waals surface area contributed by atoms with E-state index in [9.17, 15) is 0 Å². The fraction of sp³-hybridized carbons (Fsp3) is 0.778. The summed E-state index contributed by atoms with van der Waals surface area (Å²) in [6.45, 7) is 3.91. The van der Waals surface area contributed by atoms with E-state index in [0.717, 1.165) is 0 Å². The van der Waals surface area contributed by atoms with Gasteiger partial charge in [0.15, 0.2) is 0 Å². The predicted octanol–water partition coefficient (Wildman–Crippen LogP) is 3.78. The molecule has 0 atom stereocenters. The molecule has 0 nitrogen and oxygen atoms in total. The third-order valence-electron chi connectivity index (χ3n) is 1.56. The van der Waals surface area contributed by atoms with E-state index in [1.807, 2.05) is 0 Å². The van der Waals surface area contributed by atoms with Gasteiger partial charge in [0.05, 0.1) is 0 Å². The quantitative estimate of drug-likeness (QED) is 0.435. The van der Waals surface area contributed by atoms with Gasteiger partial charge in [0.2, 0.25) is 0 Å². The van der Waals surface area contributed by atoms with Gasteiger partial charge in [0.25, 0.3) is 0 Å². The zero-order valence-corrected chi connectivity index (χ0v) is 4.74. The first-order chi connectivity index (χ1) is 3.39. The molecule has 0 aromatic carbocycles. The van der Waals surface area contributed by atoms with Gasteiger partial charge in [0, 0.05) is 0 Å². The minimum absolute atomic E-state index is 0. The Kier molecular flexibility index (Phi) is 7.52. The van der Waals surface area contributed by atoms with Crippen LogP contribution >= 0.6 is 0 Å². The first-order valence-electron chi connectivity index (χ1n) is 3.06. The van der Waals surface area contributed by atoms with Crippen molar-refractivity contribution < 1.29 is 0 Å². The van der Waals surface area contributed by atoms with Gasteiger partial charge < -0.3 is 0 Å². The summed E-state index contributed by atoms with van der Waals surface area (Å²) in [7, 11) is 0. The van der Waals surface area contributed by atoms with Crippen LogP contribution in [-0.2, 0) is 0 Å². The predicted molar refractivity (Wildman–Crippen MR) is 45.7 cm³/mol. The van der Waals surface area contributed by atoms with Crippen LogP contribution in [0.3, 0.4) is 0 Å². The van der Waals surface area contributed by atoms with Crippen LogP contribution < -0.4 is 0 Å². The molecule has 0 spiro atoms. The topological polar surface area (TPSA) is 0 Å². The summed E-state index contributed by atoms with van der Waals surface area (Å²) >= 11 is 0. The summed E-state index contributed by atoms with van der Waals surface area (Å²) in [6, 6.07) is 0. The normalized spacial score (nSPS) is 17.6. The minimum Gasteiger partial charge on any atom is -0.0999 e. The van der Waals surface area contributed by atoms with Gasteiger partial charge in [-0.3, -0.25) is 0 Å². The van der Waals surface area contributed by atoms with Crippen LogP contribution in [0.1, 0.15) is 47.0 Å². The van der Waals surface area contributed by atoms with Crippen molar-refractivity contribution in [1.29, 1.82) is 0 Å². The molecular formula is C9H20. The maximum absolute atomic E-state index is 3.91. The van der Waals surface area contributed by atoms with Gasteiger partial charge in [-0.2, -0.15) is 0 Å². The lowest BCUT2D eigenvalue weighted by Gasteiger charge is -2.10. The van der Waals surface area contributed by atoms with Crippen molar-refractivity contribution in [3.63, 3.8) is 0 Å². The monoisotopic (exact) mass is 128 g/mol. The first kappa shape index (κ1) is 11.5. The SMILES string of the molecule is C.C.C=C1CCCCC1. The molecule has 1 rings (SSSR count). The molecular weight excluding hydrogens is 108 g/mol. The molecule has 9 heavy (non-hydrogen) atoms. The molecule has 0 aliphatic heterocycles. The fourth-order valence-corrected chi connectivity index (χ4v) is 1.05. The van der Waals surface area contributed by atoms with Crippen LogP contribution in [0.25, 0.3) is 0 Å². The smallest absolute Gasteiger partial charge is 0.0323 e. The second-order valence-electron chi connectivity index (χ2n) is 2.31. The molecule has 1 fully saturated rings. The molecule has 0 amide bonds. The van der Waals surface area contributed by atoms with Crippen molar-refractivity contribution in [2.45, 2.75) is 47.0 Å². The Morgan fingerprint density at radius 3 is 1.56 bits per heavy atom. The van der Waals surface area contributed by atoms with E-state index in [1.165, 1.54) is 37.7 Å². The van der Waals surface area contributed by atoms with Crippen LogP contribution in [0.5, 0.6) is 0 Å². The molecule has 0 aromatic heterocycles. The van der Waals surface area contributed by atoms with Crippen LogP contribution in [0.2, 0.25) is 0 Å². The minimum atomic E-state index is 0. The lowest BCUT2D eigenvalue weighted by molar-refractivity contribution is 0.601. The molecule has 0 radical (unpaired) electrons. The Morgan fingerprint density at radius 1 is 0.889 bits per heavy atom. The molecule has 0 heterocycles. The maximum atomic E-state index is 3.91. The Morgan fingerprint density at radius 2 is 1.33 bits per heavy atom. The van der Waals surface area contributed by atoms with Gasteiger partial charge in [-0.25, -0.2) is 0 Å². The lowest BCUT2D eigenvalue weighted by atomic mass is 9.97. The van der Waals surface area contributed by atoms with Crippen molar-refractivity contribution in [3.05, 3.63) is 12.2 Å². The van der Waals surface area contributed by atoms with Crippen LogP contribution in [-0.4, -0.2) is 0 Å². The van der Waals surface area contributed by atoms with Crippen molar-refractivity contribution in [3.8, 4) is 0 Å². The second-order valence-corrected chi connectivity index (χ2v) is 2.31. The molecule has 1 saturated carbocycles. The average molecular weight is 128 g/mol. The van der Waals surface area contributed by atoms with E-state index >= 15 is 0 Å². The number of allylic oxidation sites excluding steroid dienone is 1. The Labute approximate surface area is 60.0 Å². The zero-order chi connectivity index (χ0) is 5.11. The fourth-order valence-electron chi connectivity index (χ4n) is 1.05. The van der Waals surface area contributed by atoms with E-state index in [2.05, 4.69) is 6.58 Å². The Hall–Kier alpha value is -0.260. The third kappa shape index (κ3) is 4.26. The highest BCUT2D eigenvalue weighted by Gasteiger charge is 2.00. The summed E-state index contributed by atoms with van der Waals surface area (Å²) in [5, 5.41) is 0. The average Bonchev–Trinajstić information content (AvgIpc) is 1.69. The van der Waals surface area contributed by atoms with E-state index in [-0.39, 0.29) is 14.9 Å². The molecule has 0 heteroatoms. The molecule has 0 N–H and O–H groups in total. The molecule has 0 saturated heterocycles. The molecule has 56 valence electrons. The second kappa shape index (κ2) is 5.87. The Bertz CT molecular complexity index is 64.1. The summed E-state index contributed by atoms with van der Waals surface area (Å²) in [5.41, 5.74) is 1.46. The van der Waals surface area contributed by atoms with Crippen molar-refractivity contribution in [2.24, 2.45) is 0 Å². The van der Waals surface area contributed by atoms with Gasteiger partial charge in [0.1, 0.15) is 0 Å². The molecule has 0 unspecified atom stereocenters. The maximum Gasteiger partial charge on any atom is -0.0323 e. The van der Waals surface area contributed by atoms with Gasteiger partial charge in [-0.1, -0.05) is 33.4 Å². The van der Waals surface area contributed by atoms with Crippen LogP contribution in [0, 0.1) is 0 Å². The number of rotatable bonds is 0. The summed E-state index contributed by atoms with van der Waals surface area (Å²) in [5.74, 6) is 0. The highest BCUT2D eigenvalue weighted by Crippen LogP contribution is 2.20. The largest absolute Gasteiger partial charge is 0.0999 e. The first-order valence-corrected chi connectivity index (χ1v) is 3.06. The van der Waals surface area contributed by atoms with Crippen molar-refractivity contribution in [1.82, 2.24) is 0 Å². The van der Waals surface area contributed by atoms with Gasteiger partial charge >= 0.3 is 0 Å². The van der Waals surface area contributed by atoms with E-state index in [0.29, 0.717) is 0 Å². The molecule has 0 aromatic rings. The highest BCUT2D eigenvalue weighted by atomic mass is 14.1. The summed E-state index contributed by atoms with van der Waals surface area (Å²) in [6.07, 6.45) is 6.79. The standard InChI is InChI=1S/C7H12.2CH4/c1-7-5-3-2-4-6-7;;/h1-6H2;2*1H4. The third-order valence-corrected chi connectivity index (χ3v) is 1.56. The number of hydrogen-bond acceptors (Lipinski definition) is 0. The van der Waals surface area contributed by atoms with E-state index in [4.69, 9.17) is 0 Å². The highest BCUT2D eigenvalue weighted by molar-refractivity contribution is 4.95. The van der Waals surface area contributed by atoms with Crippen LogP contribution in [0.4, 0.5) is 0 Å². The lowest BCUT2D eigenvalue weighted by Crippen LogP contribution is -1.90. The molecule has 1 aliphatic carbocycles. The summed E-state index contributed by atoms with van der Waals surface area (Å²) < 4.78 is 0. The van der Waals surface area contributed by atoms with E-state index < -0.39 is 0 Å². The van der Waals surface area contributed by atoms with E-state index in [1.54, 1.807) is 0 Å².